The topological polar surface area (TPSA) is 45.0 Å². The van der Waals surface area contributed by atoms with Crippen molar-refractivity contribution >= 4 is 5.69 Å². The fourth-order valence-corrected chi connectivity index (χ4v) is 2.82. The van der Waals surface area contributed by atoms with Crippen molar-refractivity contribution in [2.45, 2.75) is 51.2 Å². The molecule has 1 aliphatic heterocycles. The number of nitriles is 1. The largest absolute Gasteiger partial charge is 0.380 e. The molecule has 0 bridgehead atoms. The van der Waals surface area contributed by atoms with Gasteiger partial charge in [-0.1, -0.05) is 13.8 Å². The molecule has 0 saturated carbocycles. The van der Waals surface area contributed by atoms with E-state index in [2.05, 4.69) is 19.2 Å². The number of benzene rings is 1. The molecule has 1 aromatic carbocycles. The van der Waals surface area contributed by atoms with Crippen LogP contribution in [0.1, 0.15) is 45.1 Å². The average Bonchev–Trinajstić information content (AvgIpc) is 2.49. The maximum atomic E-state index is 13.9. The van der Waals surface area contributed by atoms with Gasteiger partial charge in [0.25, 0.3) is 0 Å². The first kappa shape index (κ1) is 14.8. The zero-order chi connectivity index (χ0) is 14.6. The van der Waals surface area contributed by atoms with E-state index >= 15 is 0 Å². The maximum Gasteiger partial charge on any atom is 0.147 e. The quantitative estimate of drug-likeness (QED) is 0.908. The lowest BCUT2D eigenvalue weighted by Gasteiger charge is -2.40. The van der Waals surface area contributed by atoms with Crippen molar-refractivity contribution in [3.8, 4) is 6.07 Å². The number of rotatable bonds is 4. The zero-order valence-electron chi connectivity index (χ0n) is 12.1. The Hall–Kier alpha value is -1.60. The Morgan fingerprint density at radius 1 is 1.45 bits per heavy atom. The molecule has 1 heterocycles. The fourth-order valence-electron chi connectivity index (χ4n) is 2.82. The second kappa shape index (κ2) is 6.23. The van der Waals surface area contributed by atoms with Crippen LogP contribution < -0.4 is 5.32 Å². The van der Waals surface area contributed by atoms with Gasteiger partial charge in [0.15, 0.2) is 0 Å². The highest BCUT2D eigenvalue weighted by atomic mass is 19.1. The number of hydrogen-bond acceptors (Lipinski definition) is 3. The van der Waals surface area contributed by atoms with Crippen molar-refractivity contribution in [2.75, 3.05) is 11.9 Å². The maximum absolute atomic E-state index is 13.9. The van der Waals surface area contributed by atoms with E-state index in [9.17, 15) is 4.39 Å². The van der Waals surface area contributed by atoms with Crippen LogP contribution in [-0.4, -0.2) is 18.2 Å². The summed E-state index contributed by atoms with van der Waals surface area (Å²) in [5.74, 6) is -0.367. The van der Waals surface area contributed by atoms with Gasteiger partial charge in [0, 0.05) is 12.6 Å². The molecule has 1 aromatic rings. The average molecular weight is 276 g/mol. The number of nitrogens with one attached hydrogen (secondary N) is 1. The standard InChI is InChI=1S/C16H21FN2O/c1-3-16(4-2)10-13(7-8-20-16)19-15-6-5-12(11-18)9-14(15)17/h5-6,9,13,19H,3-4,7-8,10H2,1-2H3. The number of hydrogen-bond donors (Lipinski definition) is 1. The summed E-state index contributed by atoms with van der Waals surface area (Å²) in [5.41, 5.74) is 0.729. The van der Waals surface area contributed by atoms with E-state index in [1.165, 1.54) is 6.07 Å². The molecule has 108 valence electrons. The van der Waals surface area contributed by atoms with Crippen LogP contribution in [0.5, 0.6) is 0 Å². The van der Waals surface area contributed by atoms with E-state index in [0.29, 0.717) is 17.9 Å². The molecule has 0 aliphatic carbocycles. The molecule has 1 aliphatic rings. The number of nitrogens with zero attached hydrogens (tertiary/aromatic N) is 1. The Morgan fingerprint density at radius 2 is 2.20 bits per heavy atom. The van der Waals surface area contributed by atoms with Crippen LogP contribution in [-0.2, 0) is 4.74 Å². The molecule has 2 rings (SSSR count). The summed E-state index contributed by atoms with van der Waals surface area (Å²) in [6.07, 6.45) is 3.70. The van der Waals surface area contributed by atoms with E-state index in [1.807, 2.05) is 6.07 Å². The molecule has 0 radical (unpaired) electrons. The van der Waals surface area contributed by atoms with Gasteiger partial charge in [-0.3, -0.25) is 0 Å². The van der Waals surface area contributed by atoms with Gasteiger partial charge in [0.2, 0.25) is 0 Å². The van der Waals surface area contributed by atoms with Gasteiger partial charge in [-0.05, 0) is 43.9 Å². The molecule has 1 saturated heterocycles. The van der Waals surface area contributed by atoms with Crippen molar-refractivity contribution in [1.82, 2.24) is 0 Å². The molecule has 0 amide bonds. The van der Waals surface area contributed by atoms with Crippen LogP contribution in [0.3, 0.4) is 0 Å². The van der Waals surface area contributed by atoms with Crippen LogP contribution in [0.4, 0.5) is 10.1 Å². The minimum Gasteiger partial charge on any atom is -0.380 e. The highest BCUT2D eigenvalue weighted by molar-refractivity contribution is 5.49. The molecule has 4 heteroatoms. The normalized spacial score (nSPS) is 21.2. The number of ether oxygens (including phenoxy) is 1. The van der Waals surface area contributed by atoms with Crippen LogP contribution in [0.2, 0.25) is 0 Å². The molecule has 1 N–H and O–H groups in total. The first-order chi connectivity index (χ1) is 9.62. The van der Waals surface area contributed by atoms with Crippen molar-refractivity contribution in [1.29, 1.82) is 5.26 Å². The molecule has 20 heavy (non-hydrogen) atoms. The van der Waals surface area contributed by atoms with E-state index in [1.54, 1.807) is 12.1 Å². The predicted octanol–water partition coefficient (Wildman–Crippen LogP) is 3.85. The van der Waals surface area contributed by atoms with E-state index < -0.39 is 0 Å². The molecular weight excluding hydrogens is 255 g/mol. The molecule has 1 unspecified atom stereocenters. The summed E-state index contributed by atoms with van der Waals surface area (Å²) in [6.45, 7) is 4.97. The highest BCUT2D eigenvalue weighted by Crippen LogP contribution is 2.33. The first-order valence-electron chi connectivity index (χ1n) is 7.22. The van der Waals surface area contributed by atoms with Gasteiger partial charge in [0.1, 0.15) is 5.82 Å². The van der Waals surface area contributed by atoms with Gasteiger partial charge >= 0.3 is 0 Å². The Labute approximate surface area is 119 Å². The smallest absolute Gasteiger partial charge is 0.147 e. The Kier molecular flexibility index (Phi) is 4.61. The van der Waals surface area contributed by atoms with E-state index in [4.69, 9.17) is 10.00 Å². The van der Waals surface area contributed by atoms with Crippen molar-refractivity contribution < 1.29 is 9.13 Å². The lowest BCUT2D eigenvalue weighted by Crippen LogP contribution is -2.43. The monoisotopic (exact) mass is 276 g/mol. The third-order valence-electron chi connectivity index (χ3n) is 4.24. The summed E-state index contributed by atoms with van der Waals surface area (Å²) in [4.78, 5) is 0. The summed E-state index contributed by atoms with van der Waals surface area (Å²) < 4.78 is 19.8. The zero-order valence-corrected chi connectivity index (χ0v) is 12.1. The number of anilines is 1. The van der Waals surface area contributed by atoms with Crippen LogP contribution in [0.15, 0.2) is 18.2 Å². The fraction of sp³-hybridized carbons (Fsp3) is 0.562. The SMILES string of the molecule is CCC1(CC)CC(Nc2ccc(C#N)cc2F)CCO1. The summed E-state index contributed by atoms with van der Waals surface area (Å²) >= 11 is 0. The highest BCUT2D eigenvalue weighted by Gasteiger charge is 2.34. The first-order valence-corrected chi connectivity index (χ1v) is 7.22. The van der Waals surface area contributed by atoms with Gasteiger partial charge in [0.05, 0.1) is 22.9 Å². The minimum atomic E-state index is -0.367. The van der Waals surface area contributed by atoms with Gasteiger partial charge < -0.3 is 10.1 Å². The Bertz CT molecular complexity index is 506. The van der Waals surface area contributed by atoms with Crippen molar-refractivity contribution in [3.05, 3.63) is 29.6 Å². The molecule has 1 atom stereocenters. The van der Waals surface area contributed by atoms with Gasteiger partial charge in [-0.2, -0.15) is 5.26 Å². The summed E-state index contributed by atoms with van der Waals surface area (Å²) in [6, 6.07) is 6.71. The van der Waals surface area contributed by atoms with E-state index in [0.717, 1.165) is 25.7 Å². The molecule has 0 aromatic heterocycles. The van der Waals surface area contributed by atoms with Crippen LogP contribution in [0.25, 0.3) is 0 Å². The van der Waals surface area contributed by atoms with Crippen LogP contribution in [0, 0.1) is 17.1 Å². The Balaban J connectivity index is 2.08. The minimum absolute atomic E-state index is 0.0843. The molecule has 3 nitrogen and oxygen atoms in total. The lowest BCUT2D eigenvalue weighted by atomic mass is 9.86. The van der Waals surface area contributed by atoms with Crippen molar-refractivity contribution in [2.24, 2.45) is 0 Å². The van der Waals surface area contributed by atoms with Gasteiger partial charge in [-0.25, -0.2) is 4.39 Å². The molecular formula is C16H21FN2O. The van der Waals surface area contributed by atoms with Gasteiger partial charge in [-0.15, -0.1) is 0 Å². The summed E-state index contributed by atoms with van der Waals surface area (Å²) in [7, 11) is 0. The number of halogens is 1. The third kappa shape index (κ3) is 3.10. The molecule has 0 spiro atoms. The molecule has 1 fully saturated rings. The lowest BCUT2D eigenvalue weighted by molar-refractivity contribution is -0.0864. The second-order valence-corrected chi connectivity index (χ2v) is 5.38. The van der Waals surface area contributed by atoms with Crippen LogP contribution >= 0.6 is 0 Å². The predicted molar refractivity (Wildman–Crippen MR) is 77.0 cm³/mol. The van der Waals surface area contributed by atoms with E-state index in [-0.39, 0.29) is 17.5 Å². The summed E-state index contributed by atoms with van der Waals surface area (Å²) in [5, 5.41) is 12.0. The second-order valence-electron chi connectivity index (χ2n) is 5.38. The Morgan fingerprint density at radius 3 is 2.80 bits per heavy atom. The van der Waals surface area contributed by atoms with Crippen molar-refractivity contribution in [3.63, 3.8) is 0 Å². The third-order valence-corrected chi connectivity index (χ3v) is 4.24.